The van der Waals surface area contributed by atoms with Crippen LogP contribution in [0.5, 0.6) is 0 Å². The molecule has 0 saturated carbocycles. The molecule has 0 saturated heterocycles. The van der Waals surface area contributed by atoms with Crippen molar-refractivity contribution in [2.75, 3.05) is 11.9 Å². The number of fused-ring (bicyclic) bond motifs is 1. The molecule has 112 valence electrons. The van der Waals surface area contributed by atoms with Gasteiger partial charge < -0.3 is 5.32 Å². The van der Waals surface area contributed by atoms with E-state index < -0.39 is 0 Å². The molecule has 0 spiro atoms. The monoisotopic (exact) mass is 306 g/mol. The molecule has 0 bridgehead atoms. The average molecular weight is 306 g/mol. The topological polar surface area (TPSA) is 84.7 Å². The zero-order valence-corrected chi connectivity index (χ0v) is 13.1. The molecule has 0 radical (unpaired) electrons. The van der Waals surface area contributed by atoms with Crippen molar-refractivity contribution in [2.24, 2.45) is 7.05 Å². The standard InChI is InChI=1S/C13H18N6OS/c1-7(2)12-16-17-13(21-12)15-11(20)10-8-6-14-5-4-9(8)19(3)18-10/h7,14H,4-6H2,1-3H3,(H,15,17,20). The fraction of sp³-hybridized carbons (Fsp3) is 0.538. The summed E-state index contributed by atoms with van der Waals surface area (Å²) in [6.45, 7) is 5.70. The number of nitrogens with one attached hydrogen (secondary N) is 2. The minimum Gasteiger partial charge on any atom is -0.312 e. The summed E-state index contributed by atoms with van der Waals surface area (Å²) in [5.74, 6) is 0.0852. The quantitative estimate of drug-likeness (QED) is 0.892. The molecule has 8 heteroatoms. The lowest BCUT2D eigenvalue weighted by Crippen LogP contribution is -2.26. The Bertz CT molecular complexity index is 674. The van der Waals surface area contributed by atoms with Crippen LogP contribution in [0.25, 0.3) is 0 Å². The number of anilines is 1. The van der Waals surface area contributed by atoms with E-state index in [1.165, 1.54) is 11.3 Å². The fourth-order valence-corrected chi connectivity index (χ4v) is 3.12. The van der Waals surface area contributed by atoms with Gasteiger partial charge in [-0.25, -0.2) is 0 Å². The van der Waals surface area contributed by atoms with Gasteiger partial charge in [-0.05, 0) is 0 Å². The van der Waals surface area contributed by atoms with Gasteiger partial charge in [0, 0.05) is 43.7 Å². The molecular weight excluding hydrogens is 288 g/mol. The first kappa shape index (κ1) is 14.2. The first-order chi connectivity index (χ1) is 10.1. The van der Waals surface area contributed by atoms with E-state index >= 15 is 0 Å². The summed E-state index contributed by atoms with van der Waals surface area (Å²) < 4.78 is 1.80. The van der Waals surface area contributed by atoms with Crippen LogP contribution < -0.4 is 10.6 Å². The predicted octanol–water partition coefficient (Wildman–Crippen LogP) is 1.29. The third kappa shape index (κ3) is 2.68. The smallest absolute Gasteiger partial charge is 0.278 e. The van der Waals surface area contributed by atoms with Crippen molar-refractivity contribution in [1.29, 1.82) is 0 Å². The lowest BCUT2D eigenvalue weighted by atomic mass is 10.1. The molecule has 0 aliphatic carbocycles. The summed E-state index contributed by atoms with van der Waals surface area (Å²) in [6, 6.07) is 0. The number of carbonyl (C=O) groups is 1. The Labute approximate surface area is 126 Å². The Kier molecular flexibility index (Phi) is 3.73. The molecule has 1 amide bonds. The minimum absolute atomic E-state index is 0.220. The van der Waals surface area contributed by atoms with Crippen LogP contribution in [-0.2, 0) is 20.0 Å². The largest absolute Gasteiger partial charge is 0.312 e. The average Bonchev–Trinajstić information content (AvgIpc) is 3.05. The van der Waals surface area contributed by atoms with Gasteiger partial charge in [-0.2, -0.15) is 5.10 Å². The predicted molar refractivity (Wildman–Crippen MR) is 80.6 cm³/mol. The summed E-state index contributed by atoms with van der Waals surface area (Å²) in [5, 5.41) is 19.9. The van der Waals surface area contributed by atoms with Crippen molar-refractivity contribution >= 4 is 22.4 Å². The van der Waals surface area contributed by atoms with Crippen LogP contribution in [0, 0.1) is 0 Å². The van der Waals surface area contributed by atoms with Crippen LogP contribution >= 0.6 is 11.3 Å². The molecule has 3 heterocycles. The summed E-state index contributed by atoms with van der Waals surface area (Å²) >= 11 is 1.40. The molecule has 0 atom stereocenters. The van der Waals surface area contributed by atoms with E-state index in [4.69, 9.17) is 0 Å². The van der Waals surface area contributed by atoms with Gasteiger partial charge in [0.15, 0.2) is 5.69 Å². The highest BCUT2D eigenvalue weighted by molar-refractivity contribution is 7.15. The third-order valence-corrected chi connectivity index (χ3v) is 4.62. The number of carbonyl (C=O) groups excluding carboxylic acids is 1. The van der Waals surface area contributed by atoms with E-state index in [-0.39, 0.29) is 5.91 Å². The first-order valence-electron chi connectivity index (χ1n) is 6.96. The molecule has 0 fully saturated rings. The van der Waals surface area contributed by atoms with Crippen LogP contribution in [0.2, 0.25) is 0 Å². The van der Waals surface area contributed by atoms with E-state index in [0.717, 1.165) is 29.2 Å². The second-order valence-electron chi connectivity index (χ2n) is 5.38. The molecule has 0 unspecified atom stereocenters. The van der Waals surface area contributed by atoms with E-state index in [1.807, 2.05) is 20.9 Å². The van der Waals surface area contributed by atoms with E-state index in [2.05, 4.69) is 25.9 Å². The highest BCUT2D eigenvalue weighted by Crippen LogP contribution is 2.24. The highest BCUT2D eigenvalue weighted by atomic mass is 32.1. The number of aromatic nitrogens is 4. The zero-order valence-electron chi connectivity index (χ0n) is 12.3. The molecule has 0 aromatic carbocycles. The minimum atomic E-state index is -0.220. The Hall–Kier alpha value is -1.80. The van der Waals surface area contributed by atoms with Crippen molar-refractivity contribution in [3.63, 3.8) is 0 Å². The molecule has 7 nitrogen and oxygen atoms in total. The first-order valence-corrected chi connectivity index (χ1v) is 7.78. The summed E-state index contributed by atoms with van der Waals surface area (Å²) in [4.78, 5) is 12.4. The summed E-state index contributed by atoms with van der Waals surface area (Å²) in [5.41, 5.74) is 2.58. The van der Waals surface area contributed by atoms with E-state index in [9.17, 15) is 4.79 Å². The Balaban J connectivity index is 1.82. The molecule has 3 rings (SSSR count). The molecule has 2 N–H and O–H groups in total. The fourth-order valence-electron chi connectivity index (χ4n) is 2.38. The SMILES string of the molecule is CC(C)c1nnc(NC(=O)c2nn(C)c3c2CNCC3)s1. The van der Waals surface area contributed by atoms with Gasteiger partial charge in [-0.15, -0.1) is 10.2 Å². The van der Waals surface area contributed by atoms with Crippen LogP contribution in [0.1, 0.15) is 46.5 Å². The second-order valence-corrected chi connectivity index (χ2v) is 6.39. The van der Waals surface area contributed by atoms with Gasteiger partial charge in [0.25, 0.3) is 5.91 Å². The lowest BCUT2D eigenvalue weighted by molar-refractivity contribution is 0.102. The molecule has 2 aromatic rings. The normalized spacial score (nSPS) is 14.3. The van der Waals surface area contributed by atoms with Gasteiger partial charge >= 0.3 is 0 Å². The van der Waals surface area contributed by atoms with Gasteiger partial charge in [-0.1, -0.05) is 25.2 Å². The maximum atomic E-state index is 12.4. The Morgan fingerprint density at radius 1 is 1.43 bits per heavy atom. The molecule has 21 heavy (non-hydrogen) atoms. The number of aryl methyl sites for hydroxylation is 1. The number of hydrogen-bond acceptors (Lipinski definition) is 6. The van der Waals surface area contributed by atoms with Gasteiger partial charge in [0.2, 0.25) is 5.13 Å². The highest BCUT2D eigenvalue weighted by Gasteiger charge is 2.24. The zero-order chi connectivity index (χ0) is 15.0. The van der Waals surface area contributed by atoms with Crippen LogP contribution in [0.15, 0.2) is 0 Å². The maximum absolute atomic E-state index is 12.4. The Morgan fingerprint density at radius 2 is 2.24 bits per heavy atom. The van der Waals surface area contributed by atoms with Crippen molar-refractivity contribution < 1.29 is 4.79 Å². The number of hydrogen-bond donors (Lipinski definition) is 2. The van der Waals surface area contributed by atoms with Crippen molar-refractivity contribution in [2.45, 2.75) is 32.7 Å². The van der Waals surface area contributed by atoms with Crippen LogP contribution in [-0.4, -0.2) is 32.4 Å². The third-order valence-electron chi connectivity index (χ3n) is 3.49. The lowest BCUT2D eigenvalue weighted by Gasteiger charge is -2.13. The van der Waals surface area contributed by atoms with Crippen molar-refractivity contribution in [1.82, 2.24) is 25.3 Å². The number of rotatable bonds is 3. The summed E-state index contributed by atoms with van der Waals surface area (Å²) in [7, 11) is 1.88. The van der Waals surface area contributed by atoms with Crippen molar-refractivity contribution in [3.05, 3.63) is 22.0 Å². The summed E-state index contributed by atoms with van der Waals surface area (Å²) in [6.07, 6.45) is 0.891. The van der Waals surface area contributed by atoms with Crippen LogP contribution in [0.4, 0.5) is 5.13 Å². The molecule has 2 aromatic heterocycles. The number of amides is 1. The maximum Gasteiger partial charge on any atom is 0.278 e. The van der Waals surface area contributed by atoms with Crippen molar-refractivity contribution in [3.8, 4) is 0 Å². The van der Waals surface area contributed by atoms with Gasteiger partial charge in [0.05, 0.1) is 0 Å². The molecule has 1 aliphatic heterocycles. The second kappa shape index (κ2) is 5.53. The Morgan fingerprint density at radius 3 is 2.95 bits per heavy atom. The van der Waals surface area contributed by atoms with Gasteiger partial charge in [-0.3, -0.25) is 14.8 Å². The molecular formula is C13H18N6OS. The van der Waals surface area contributed by atoms with Crippen LogP contribution in [0.3, 0.4) is 0 Å². The number of nitrogens with zero attached hydrogens (tertiary/aromatic N) is 4. The van der Waals surface area contributed by atoms with E-state index in [1.54, 1.807) is 4.68 Å². The van der Waals surface area contributed by atoms with E-state index in [0.29, 0.717) is 23.3 Å². The van der Waals surface area contributed by atoms with Gasteiger partial charge in [0.1, 0.15) is 5.01 Å². The molecule has 1 aliphatic rings.